The number of hydrogen-bond acceptors (Lipinski definition) is 4. The van der Waals surface area contributed by atoms with Gasteiger partial charge in [-0.1, -0.05) is 35.7 Å². The first-order valence-electron chi connectivity index (χ1n) is 10.5. The minimum Gasteiger partial charge on any atom is -0.493 e. The van der Waals surface area contributed by atoms with Crippen LogP contribution in [0.15, 0.2) is 60.8 Å². The molecule has 0 spiro atoms. The summed E-state index contributed by atoms with van der Waals surface area (Å²) in [5.41, 5.74) is 3.66. The van der Waals surface area contributed by atoms with E-state index in [1.807, 2.05) is 60.8 Å². The van der Waals surface area contributed by atoms with E-state index in [2.05, 4.69) is 21.7 Å². The Morgan fingerprint density at radius 3 is 2.42 bits per heavy atom. The molecule has 2 aromatic carbocycles. The number of likely N-dealkylation sites (tertiary alicyclic amines) is 1. The van der Waals surface area contributed by atoms with Crippen molar-refractivity contribution < 1.29 is 9.47 Å². The van der Waals surface area contributed by atoms with Crippen LogP contribution >= 0.6 is 11.6 Å². The van der Waals surface area contributed by atoms with Crippen molar-refractivity contribution in [2.24, 2.45) is 0 Å². The van der Waals surface area contributed by atoms with Crippen LogP contribution in [0, 0.1) is 11.8 Å². The number of aromatic nitrogens is 1. The summed E-state index contributed by atoms with van der Waals surface area (Å²) < 4.78 is 11.4. The zero-order valence-electron chi connectivity index (χ0n) is 17.6. The molecule has 1 aromatic heterocycles. The maximum Gasteiger partial charge on any atom is 0.161 e. The van der Waals surface area contributed by atoms with E-state index in [1.165, 1.54) is 25.9 Å². The van der Waals surface area contributed by atoms with Crippen LogP contribution in [0.2, 0.25) is 5.02 Å². The van der Waals surface area contributed by atoms with Crippen LogP contribution in [-0.2, 0) is 0 Å². The van der Waals surface area contributed by atoms with Gasteiger partial charge in [0.05, 0.1) is 7.11 Å². The highest BCUT2D eigenvalue weighted by Crippen LogP contribution is 2.28. The van der Waals surface area contributed by atoms with Crippen LogP contribution < -0.4 is 9.47 Å². The highest BCUT2D eigenvalue weighted by Gasteiger charge is 2.12. The number of nitrogens with zero attached hydrogens (tertiary/aromatic N) is 2. The van der Waals surface area contributed by atoms with Gasteiger partial charge in [0.25, 0.3) is 0 Å². The second-order valence-electron chi connectivity index (χ2n) is 7.45. The smallest absolute Gasteiger partial charge is 0.161 e. The Morgan fingerprint density at radius 2 is 1.71 bits per heavy atom. The van der Waals surface area contributed by atoms with Crippen LogP contribution in [-0.4, -0.2) is 43.2 Å². The number of ether oxygens (including phenoxy) is 2. The summed E-state index contributed by atoms with van der Waals surface area (Å²) in [6.07, 6.45) is 4.40. The molecule has 1 aliphatic heterocycles. The van der Waals surface area contributed by atoms with Crippen molar-refractivity contribution in [2.45, 2.75) is 12.8 Å². The largest absolute Gasteiger partial charge is 0.493 e. The Morgan fingerprint density at radius 1 is 0.935 bits per heavy atom. The van der Waals surface area contributed by atoms with Crippen molar-refractivity contribution in [3.63, 3.8) is 0 Å². The molecule has 0 N–H and O–H groups in total. The average Bonchev–Trinajstić information content (AvgIpc) is 3.33. The number of rotatable bonds is 6. The topological polar surface area (TPSA) is 34.6 Å². The van der Waals surface area contributed by atoms with E-state index in [4.69, 9.17) is 21.1 Å². The van der Waals surface area contributed by atoms with E-state index < -0.39 is 0 Å². The van der Waals surface area contributed by atoms with Crippen molar-refractivity contribution in [1.29, 1.82) is 0 Å². The van der Waals surface area contributed by atoms with Crippen molar-refractivity contribution in [3.8, 4) is 34.5 Å². The SMILES string of the molecule is COc1cc(C#Cc2ccc(-c3ccc(Cl)cc3)cn2)ccc1OCCN1CCCC1. The minimum atomic E-state index is 0.658. The van der Waals surface area contributed by atoms with E-state index in [-0.39, 0.29) is 0 Å². The monoisotopic (exact) mass is 432 g/mol. The molecule has 31 heavy (non-hydrogen) atoms. The molecule has 158 valence electrons. The first-order chi connectivity index (χ1) is 15.2. The molecular weight excluding hydrogens is 408 g/mol. The average molecular weight is 433 g/mol. The molecule has 2 heterocycles. The fourth-order valence-corrected chi connectivity index (χ4v) is 3.70. The number of pyridine rings is 1. The third-order valence-electron chi connectivity index (χ3n) is 5.30. The third kappa shape index (κ3) is 5.79. The highest BCUT2D eigenvalue weighted by atomic mass is 35.5. The van der Waals surface area contributed by atoms with Gasteiger partial charge in [0.2, 0.25) is 0 Å². The molecule has 0 unspecified atom stereocenters. The number of halogens is 1. The molecule has 0 atom stereocenters. The van der Waals surface area contributed by atoms with Crippen molar-refractivity contribution >= 4 is 11.6 Å². The Labute approximate surface area is 188 Å². The first kappa shape index (κ1) is 21.2. The van der Waals surface area contributed by atoms with Gasteiger partial charge in [0.15, 0.2) is 11.5 Å². The summed E-state index contributed by atoms with van der Waals surface area (Å²) in [7, 11) is 1.65. The summed E-state index contributed by atoms with van der Waals surface area (Å²) in [6, 6.07) is 17.4. The van der Waals surface area contributed by atoms with Crippen LogP contribution in [0.3, 0.4) is 0 Å². The van der Waals surface area contributed by atoms with E-state index in [0.29, 0.717) is 18.1 Å². The van der Waals surface area contributed by atoms with E-state index in [9.17, 15) is 0 Å². The third-order valence-corrected chi connectivity index (χ3v) is 5.56. The number of benzene rings is 2. The van der Waals surface area contributed by atoms with E-state index >= 15 is 0 Å². The zero-order chi connectivity index (χ0) is 21.5. The van der Waals surface area contributed by atoms with Gasteiger partial charge in [0, 0.05) is 28.9 Å². The van der Waals surface area contributed by atoms with Crippen LogP contribution in [0.1, 0.15) is 24.1 Å². The summed E-state index contributed by atoms with van der Waals surface area (Å²) in [4.78, 5) is 6.89. The van der Waals surface area contributed by atoms with E-state index in [1.54, 1.807) is 7.11 Å². The van der Waals surface area contributed by atoms with Crippen molar-refractivity contribution in [1.82, 2.24) is 9.88 Å². The Balaban J connectivity index is 1.40. The predicted octanol–water partition coefficient (Wildman–Crippen LogP) is 5.29. The van der Waals surface area contributed by atoms with Gasteiger partial charge in [-0.15, -0.1) is 0 Å². The lowest BCUT2D eigenvalue weighted by atomic mass is 10.1. The molecule has 3 aromatic rings. The zero-order valence-corrected chi connectivity index (χ0v) is 18.4. The predicted molar refractivity (Wildman–Crippen MR) is 125 cm³/mol. The van der Waals surface area contributed by atoms with Gasteiger partial charge in [-0.3, -0.25) is 4.90 Å². The Bertz CT molecular complexity index is 1060. The fraction of sp³-hybridized carbons (Fsp3) is 0.269. The van der Waals surface area contributed by atoms with Gasteiger partial charge >= 0.3 is 0 Å². The van der Waals surface area contributed by atoms with Gasteiger partial charge in [-0.2, -0.15) is 0 Å². The molecule has 0 saturated carbocycles. The summed E-state index contributed by atoms with van der Waals surface area (Å²) >= 11 is 5.95. The molecule has 1 aliphatic rings. The van der Waals surface area contributed by atoms with Crippen LogP contribution in [0.4, 0.5) is 0 Å². The molecule has 1 fully saturated rings. The highest BCUT2D eigenvalue weighted by molar-refractivity contribution is 6.30. The molecule has 4 nitrogen and oxygen atoms in total. The van der Waals surface area contributed by atoms with Gasteiger partial charge in [0.1, 0.15) is 12.3 Å². The second kappa shape index (κ2) is 10.3. The minimum absolute atomic E-state index is 0.658. The van der Waals surface area contributed by atoms with Crippen molar-refractivity contribution in [3.05, 3.63) is 77.1 Å². The summed E-state index contributed by atoms with van der Waals surface area (Å²) in [5, 5.41) is 0.720. The standard InChI is InChI=1S/C26H25ClN2O2/c1-30-26-18-20(5-13-25(26)31-17-16-29-14-2-3-15-29)4-11-24-12-8-22(19-28-24)21-6-9-23(27)10-7-21/h5-10,12-13,18-19H,2-3,14-17H2,1H3. The lowest BCUT2D eigenvalue weighted by molar-refractivity contribution is 0.230. The Kier molecular flexibility index (Phi) is 7.09. The maximum atomic E-state index is 5.95. The number of hydrogen-bond donors (Lipinski definition) is 0. The molecular formula is C26H25ClN2O2. The summed E-state index contributed by atoms with van der Waals surface area (Å²) in [6.45, 7) is 3.95. The molecule has 4 rings (SSSR count). The van der Waals surface area contributed by atoms with Crippen molar-refractivity contribution in [2.75, 3.05) is 33.4 Å². The normalized spacial score (nSPS) is 13.5. The summed E-state index contributed by atoms with van der Waals surface area (Å²) in [5.74, 6) is 7.71. The lowest BCUT2D eigenvalue weighted by Crippen LogP contribution is -2.25. The fourth-order valence-electron chi connectivity index (χ4n) is 3.57. The quantitative estimate of drug-likeness (QED) is 0.496. The van der Waals surface area contributed by atoms with Crippen LogP contribution in [0.25, 0.3) is 11.1 Å². The van der Waals surface area contributed by atoms with E-state index in [0.717, 1.165) is 34.0 Å². The molecule has 0 radical (unpaired) electrons. The van der Waals surface area contributed by atoms with Crippen LogP contribution in [0.5, 0.6) is 11.5 Å². The molecule has 0 bridgehead atoms. The Hall–Kier alpha value is -3.00. The number of methoxy groups -OCH3 is 1. The maximum absolute atomic E-state index is 5.95. The molecule has 0 aliphatic carbocycles. The van der Waals surface area contributed by atoms with Gasteiger partial charge in [-0.05, 0) is 73.8 Å². The second-order valence-corrected chi connectivity index (χ2v) is 7.89. The van der Waals surface area contributed by atoms with Gasteiger partial charge < -0.3 is 9.47 Å². The first-order valence-corrected chi connectivity index (χ1v) is 10.9. The molecule has 1 saturated heterocycles. The molecule has 0 amide bonds. The lowest BCUT2D eigenvalue weighted by Gasteiger charge is -2.16. The van der Waals surface area contributed by atoms with Gasteiger partial charge in [-0.25, -0.2) is 4.98 Å². The molecule has 5 heteroatoms.